The summed E-state index contributed by atoms with van der Waals surface area (Å²) in [7, 11) is 2.88. The molecule has 0 radical (unpaired) electrons. The van der Waals surface area contributed by atoms with Crippen LogP contribution in [-0.2, 0) is 35.7 Å². The minimum absolute atomic E-state index is 0.0638. The van der Waals surface area contributed by atoms with Gasteiger partial charge in [0.05, 0.1) is 6.61 Å². The molecule has 3 rings (SSSR count). The molecule has 2 aliphatic rings. The van der Waals surface area contributed by atoms with Crippen molar-refractivity contribution in [3.05, 3.63) is 11.3 Å². The van der Waals surface area contributed by atoms with Gasteiger partial charge in [0.2, 0.25) is 11.1 Å². The van der Waals surface area contributed by atoms with Crippen LogP contribution in [0.4, 0.5) is 4.79 Å². The molecule has 1 saturated heterocycles. The Hall–Kier alpha value is -3.38. The SMILES string of the molecule is CO[C@@]1(NC(=O)CCCC(NC(=O)OCC(C)C)C(=O)O)C(=O)N2C(C(=O)O)=C(CSc3nnnn3C)CS[C@H]21. The molecule has 1 aromatic heterocycles. The van der Waals surface area contributed by atoms with Crippen LogP contribution in [0.1, 0.15) is 33.1 Å². The number of alkyl carbamates (subject to hydrolysis) is 1. The Morgan fingerprint density at radius 1 is 1.27 bits per heavy atom. The number of amides is 3. The van der Waals surface area contributed by atoms with E-state index in [-0.39, 0.29) is 49.0 Å². The maximum Gasteiger partial charge on any atom is 0.407 e. The molecule has 2 aliphatic heterocycles. The van der Waals surface area contributed by atoms with E-state index in [2.05, 4.69) is 26.2 Å². The molecule has 0 saturated carbocycles. The summed E-state index contributed by atoms with van der Waals surface area (Å²) in [5.41, 5.74) is -1.47. The van der Waals surface area contributed by atoms with Crippen molar-refractivity contribution >= 4 is 53.4 Å². The van der Waals surface area contributed by atoms with Gasteiger partial charge in [0.25, 0.3) is 11.6 Å². The van der Waals surface area contributed by atoms with Crippen molar-refractivity contribution in [1.29, 1.82) is 0 Å². The average molecular weight is 602 g/mol. The number of β-lactam (4-membered cyclic amide) rings is 1. The molecule has 3 heterocycles. The molecule has 16 nitrogen and oxygen atoms in total. The number of aliphatic carboxylic acids is 2. The van der Waals surface area contributed by atoms with E-state index in [9.17, 15) is 34.2 Å². The van der Waals surface area contributed by atoms with Crippen molar-refractivity contribution < 1.29 is 43.7 Å². The summed E-state index contributed by atoms with van der Waals surface area (Å²) in [6.07, 6.45) is -1.03. The second-order valence-corrected chi connectivity index (χ2v) is 11.4. The quantitative estimate of drug-likeness (QED) is 0.126. The Morgan fingerprint density at radius 2 is 2.00 bits per heavy atom. The number of methoxy groups -OCH3 is 1. The zero-order chi connectivity index (χ0) is 29.6. The fourth-order valence-corrected chi connectivity index (χ4v) is 6.40. The van der Waals surface area contributed by atoms with Crippen LogP contribution in [0.15, 0.2) is 16.4 Å². The smallest absolute Gasteiger partial charge is 0.407 e. The number of carbonyl (C=O) groups excluding carboxylic acids is 3. The third-order valence-electron chi connectivity index (χ3n) is 5.95. The van der Waals surface area contributed by atoms with E-state index >= 15 is 0 Å². The maximum absolute atomic E-state index is 13.2. The highest BCUT2D eigenvalue weighted by Gasteiger charge is 2.66. The Morgan fingerprint density at radius 3 is 2.58 bits per heavy atom. The van der Waals surface area contributed by atoms with Gasteiger partial charge in [0.1, 0.15) is 17.1 Å². The Labute approximate surface area is 237 Å². The van der Waals surface area contributed by atoms with Crippen LogP contribution in [0.25, 0.3) is 0 Å². The summed E-state index contributed by atoms with van der Waals surface area (Å²) < 4.78 is 11.8. The molecule has 0 bridgehead atoms. The highest BCUT2D eigenvalue weighted by molar-refractivity contribution is 8.01. The number of thioether (sulfide) groups is 2. The molecule has 4 N–H and O–H groups in total. The molecular weight excluding hydrogens is 570 g/mol. The molecule has 3 amide bonds. The summed E-state index contributed by atoms with van der Waals surface area (Å²) in [4.78, 5) is 62.5. The predicted molar refractivity (Wildman–Crippen MR) is 140 cm³/mol. The molecule has 220 valence electrons. The average Bonchev–Trinajstić information content (AvgIpc) is 3.32. The van der Waals surface area contributed by atoms with Gasteiger partial charge in [-0.1, -0.05) is 25.6 Å². The minimum Gasteiger partial charge on any atom is -0.480 e. The van der Waals surface area contributed by atoms with Crippen LogP contribution in [0, 0.1) is 5.92 Å². The number of carboxylic acids is 2. The Bertz CT molecular complexity index is 1190. The van der Waals surface area contributed by atoms with Gasteiger partial charge >= 0.3 is 18.0 Å². The van der Waals surface area contributed by atoms with Crippen LogP contribution < -0.4 is 10.6 Å². The lowest BCUT2D eigenvalue weighted by Crippen LogP contribution is -2.80. The Balaban J connectivity index is 1.60. The first-order chi connectivity index (χ1) is 18.9. The van der Waals surface area contributed by atoms with Crippen LogP contribution in [0.3, 0.4) is 0 Å². The van der Waals surface area contributed by atoms with E-state index in [0.29, 0.717) is 10.7 Å². The summed E-state index contributed by atoms with van der Waals surface area (Å²) in [6.45, 7) is 3.80. The van der Waals surface area contributed by atoms with Gasteiger partial charge in [-0.05, 0) is 34.8 Å². The maximum atomic E-state index is 13.2. The van der Waals surface area contributed by atoms with E-state index in [0.717, 1.165) is 4.90 Å². The van der Waals surface area contributed by atoms with Gasteiger partial charge in [-0.25, -0.2) is 19.1 Å². The van der Waals surface area contributed by atoms with Crippen molar-refractivity contribution in [3.63, 3.8) is 0 Å². The van der Waals surface area contributed by atoms with Crippen LogP contribution >= 0.6 is 23.5 Å². The molecule has 1 aromatic rings. The zero-order valence-electron chi connectivity index (χ0n) is 22.3. The van der Waals surface area contributed by atoms with Crippen LogP contribution in [0.5, 0.6) is 0 Å². The van der Waals surface area contributed by atoms with Gasteiger partial charge < -0.3 is 30.3 Å². The second-order valence-electron chi connectivity index (χ2n) is 9.38. The lowest BCUT2D eigenvalue weighted by Gasteiger charge is -2.55. The molecule has 3 atom stereocenters. The predicted octanol–water partition coefficient (Wildman–Crippen LogP) is 0.0206. The normalized spacial score (nSPS) is 21.0. The minimum atomic E-state index is -1.78. The standard InChI is InChI=1S/C22H31N7O9S2/c1-11(2)8-38-21(36)23-13(16(31)32)6-5-7-14(30)24-22(37-4)18(35)29-15(17(33)34)12(9-39-19(22)29)10-40-20-25-26-27-28(20)3/h11,13,19H,5-10H2,1-4H3,(H,23,36)(H,24,30)(H,31,32)(H,33,34)/t13?,19-,22-/m0/s1. The number of carbonyl (C=O) groups is 5. The van der Waals surface area contributed by atoms with E-state index in [4.69, 9.17) is 9.47 Å². The van der Waals surface area contributed by atoms with E-state index in [1.54, 1.807) is 7.05 Å². The first-order valence-electron chi connectivity index (χ1n) is 12.2. The van der Waals surface area contributed by atoms with E-state index in [1.807, 2.05) is 13.8 Å². The lowest BCUT2D eigenvalue weighted by atomic mass is 9.98. The number of fused-ring (bicyclic) bond motifs is 1. The lowest BCUT2D eigenvalue weighted by molar-refractivity contribution is -0.192. The van der Waals surface area contributed by atoms with Crippen molar-refractivity contribution in [1.82, 2.24) is 35.7 Å². The second kappa shape index (κ2) is 13.3. The number of rotatable bonds is 14. The largest absolute Gasteiger partial charge is 0.480 e. The zero-order valence-corrected chi connectivity index (χ0v) is 23.9. The van der Waals surface area contributed by atoms with Crippen molar-refractivity contribution in [2.75, 3.05) is 25.2 Å². The summed E-state index contributed by atoms with van der Waals surface area (Å²) in [5, 5.41) is 34.9. The first kappa shape index (κ1) is 31.2. The third-order valence-corrected chi connectivity index (χ3v) is 8.42. The number of nitrogens with one attached hydrogen (secondary N) is 2. The molecule has 0 aromatic carbocycles. The molecule has 1 unspecified atom stereocenters. The van der Waals surface area contributed by atoms with Gasteiger partial charge in [-0.15, -0.1) is 16.9 Å². The number of hydrogen-bond acceptors (Lipinski definition) is 12. The van der Waals surface area contributed by atoms with Gasteiger partial charge in [0.15, 0.2) is 0 Å². The number of ether oxygens (including phenoxy) is 2. The highest BCUT2D eigenvalue weighted by atomic mass is 32.2. The van der Waals surface area contributed by atoms with Crippen molar-refractivity contribution in [2.24, 2.45) is 13.0 Å². The number of aromatic nitrogens is 4. The van der Waals surface area contributed by atoms with Crippen LogP contribution in [-0.4, -0.2) is 108 Å². The third kappa shape index (κ3) is 6.84. The highest BCUT2D eigenvalue weighted by Crippen LogP contribution is 2.47. The molecule has 18 heteroatoms. The number of tetrazole rings is 1. The summed E-state index contributed by atoms with van der Waals surface area (Å²) >= 11 is 2.46. The van der Waals surface area contributed by atoms with E-state index < -0.39 is 47.0 Å². The number of nitrogens with zero attached hydrogens (tertiary/aromatic N) is 5. The monoisotopic (exact) mass is 601 g/mol. The first-order valence-corrected chi connectivity index (χ1v) is 14.2. The number of hydrogen-bond donors (Lipinski definition) is 4. The van der Waals surface area contributed by atoms with E-state index in [1.165, 1.54) is 35.3 Å². The van der Waals surface area contributed by atoms with Crippen LogP contribution in [0.2, 0.25) is 0 Å². The molecule has 0 spiro atoms. The van der Waals surface area contributed by atoms with Gasteiger partial charge in [-0.3, -0.25) is 14.5 Å². The topological polar surface area (TPSA) is 215 Å². The van der Waals surface area contributed by atoms with Gasteiger partial charge in [0, 0.05) is 32.1 Å². The fourth-order valence-electron chi connectivity index (χ4n) is 3.97. The summed E-state index contributed by atoms with van der Waals surface area (Å²) in [6, 6.07) is -1.27. The van der Waals surface area contributed by atoms with Crippen molar-refractivity contribution in [2.45, 2.75) is 55.4 Å². The number of aryl methyl sites for hydroxylation is 1. The Kier molecular flexibility index (Phi) is 10.4. The summed E-state index contributed by atoms with van der Waals surface area (Å²) in [5.74, 6) is -3.34. The van der Waals surface area contributed by atoms with Gasteiger partial charge in [-0.2, -0.15) is 0 Å². The van der Waals surface area contributed by atoms with Crippen molar-refractivity contribution in [3.8, 4) is 0 Å². The molecule has 40 heavy (non-hydrogen) atoms. The molecule has 0 aliphatic carbocycles. The number of carboxylic acid groups (broad SMARTS) is 2. The molecule has 1 fully saturated rings. The molecular formula is C22H31N7O9S2. The fraction of sp³-hybridized carbons (Fsp3) is 0.636.